The van der Waals surface area contributed by atoms with Crippen molar-refractivity contribution in [1.82, 2.24) is 10.1 Å². The van der Waals surface area contributed by atoms with E-state index in [1.54, 1.807) is 25.1 Å². The van der Waals surface area contributed by atoms with Crippen LogP contribution in [0.5, 0.6) is 5.75 Å². The summed E-state index contributed by atoms with van der Waals surface area (Å²) in [5.41, 5.74) is 1.58. The van der Waals surface area contributed by atoms with E-state index in [1.807, 2.05) is 6.92 Å². The molecule has 0 unspecified atom stereocenters. The van der Waals surface area contributed by atoms with Crippen LogP contribution in [0.1, 0.15) is 34.6 Å². The van der Waals surface area contributed by atoms with Gasteiger partial charge in [0.15, 0.2) is 12.4 Å². The highest BCUT2D eigenvalue weighted by molar-refractivity contribution is 5.94. The first kappa shape index (κ1) is 12.3. The number of hydrogen-bond acceptors (Lipinski definition) is 5. The lowest BCUT2D eigenvalue weighted by atomic mass is 10.1. The molecule has 1 aromatic heterocycles. The summed E-state index contributed by atoms with van der Waals surface area (Å²) in [5, 5.41) is 3.74. The van der Waals surface area contributed by atoms with Gasteiger partial charge in [0.05, 0.1) is 0 Å². The predicted molar refractivity (Wildman–Crippen MR) is 64.6 cm³/mol. The van der Waals surface area contributed by atoms with Gasteiger partial charge in [-0.15, -0.1) is 0 Å². The van der Waals surface area contributed by atoms with Gasteiger partial charge in [0.1, 0.15) is 5.75 Å². The van der Waals surface area contributed by atoms with E-state index in [-0.39, 0.29) is 12.4 Å². The summed E-state index contributed by atoms with van der Waals surface area (Å²) in [6.45, 7) is 5.40. The molecule has 94 valence electrons. The van der Waals surface area contributed by atoms with Gasteiger partial charge in [-0.1, -0.05) is 5.16 Å². The van der Waals surface area contributed by atoms with E-state index in [0.717, 1.165) is 5.56 Å². The second-order valence-electron chi connectivity index (χ2n) is 4.05. The number of benzene rings is 1. The van der Waals surface area contributed by atoms with Crippen molar-refractivity contribution in [1.29, 1.82) is 0 Å². The second-order valence-corrected chi connectivity index (χ2v) is 4.05. The smallest absolute Gasteiger partial charge is 0.223 e. The normalized spacial score (nSPS) is 10.4. The fourth-order valence-corrected chi connectivity index (χ4v) is 1.57. The molecule has 5 nitrogen and oxygen atoms in total. The predicted octanol–water partition coefficient (Wildman–Crippen LogP) is 2.47. The molecule has 0 radical (unpaired) electrons. The number of ketones is 1. The van der Waals surface area contributed by atoms with E-state index in [2.05, 4.69) is 10.1 Å². The first-order chi connectivity index (χ1) is 8.56. The van der Waals surface area contributed by atoms with Crippen LogP contribution in [-0.2, 0) is 6.61 Å². The average Bonchev–Trinajstić information content (AvgIpc) is 2.73. The van der Waals surface area contributed by atoms with E-state index in [0.29, 0.717) is 23.0 Å². The number of ether oxygens (including phenoxy) is 1. The Labute approximate surface area is 105 Å². The van der Waals surface area contributed by atoms with Crippen LogP contribution in [0.15, 0.2) is 22.7 Å². The van der Waals surface area contributed by atoms with Gasteiger partial charge >= 0.3 is 0 Å². The molecule has 0 N–H and O–H groups in total. The number of nitrogens with zero attached hydrogens (tertiary/aromatic N) is 2. The van der Waals surface area contributed by atoms with Gasteiger partial charge in [0, 0.05) is 12.5 Å². The lowest BCUT2D eigenvalue weighted by molar-refractivity contribution is 0.101. The van der Waals surface area contributed by atoms with Gasteiger partial charge < -0.3 is 9.26 Å². The summed E-state index contributed by atoms with van der Waals surface area (Å²) in [5.74, 6) is 1.76. The number of rotatable bonds is 4. The van der Waals surface area contributed by atoms with E-state index in [1.165, 1.54) is 6.92 Å². The topological polar surface area (TPSA) is 65.2 Å². The molecule has 0 aliphatic rings. The maximum atomic E-state index is 11.2. The van der Waals surface area contributed by atoms with Crippen LogP contribution in [0.2, 0.25) is 0 Å². The van der Waals surface area contributed by atoms with Crippen LogP contribution in [0.25, 0.3) is 0 Å². The van der Waals surface area contributed by atoms with Crippen LogP contribution in [-0.4, -0.2) is 15.9 Å². The summed E-state index contributed by atoms with van der Waals surface area (Å²) in [6.07, 6.45) is 0. The number of Topliss-reactive ketones (excluding diaryl/α,β-unsaturated/α-hetero) is 1. The zero-order valence-electron chi connectivity index (χ0n) is 10.6. The molecule has 1 heterocycles. The van der Waals surface area contributed by atoms with Crippen molar-refractivity contribution in [3.8, 4) is 5.75 Å². The molecule has 18 heavy (non-hydrogen) atoms. The third kappa shape index (κ3) is 2.74. The van der Waals surface area contributed by atoms with E-state index in [4.69, 9.17) is 9.26 Å². The summed E-state index contributed by atoms with van der Waals surface area (Å²) >= 11 is 0. The molecule has 0 saturated heterocycles. The van der Waals surface area contributed by atoms with Crippen LogP contribution >= 0.6 is 0 Å². The molecule has 0 spiro atoms. The molecule has 0 fully saturated rings. The Morgan fingerprint density at radius 3 is 2.72 bits per heavy atom. The lowest BCUT2D eigenvalue weighted by Crippen LogP contribution is -2.00. The van der Waals surface area contributed by atoms with Crippen LogP contribution in [0.4, 0.5) is 0 Å². The Hall–Kier alpha value is -2.17. The molecular formula is C13H14N2O3. The summed E-state index contributed by atoms with van der Waals surface area (Å²) in [6, 6.07) is 5.32. The molecular weight excluding hydrogens is 232 g/mol. The maximum Gasteiger partial charge on any atom is 0.223 e. The van der Waals surface area contributed by atoms with Gasteiger partial charge in [0.2, 0.25) is 11.7 Å². The summed E-state index contributed by atoms with van der Waals surface area (Å²) in [4.78, 5) is 15.3. The quantitative estimate of drug-likeness (QED) is 0.775. The molecule has 0 aliphatic carbocycles. The SMILES string of the molecule is CC(=O)c1ccc(OCc2noc(C)n2)c(C)c1. The molecule has 0 atom stereocenters. The van der Waals surface area contributed by atoms with Gasteiger partial charge in [-0.25, -0.2) is 0 Å². The van der Waals surface area contributed by atoms with Crippen molar-refractivity contribution < 1.29 is 14.1 Å². The Morgan fingerprint density at radius 1 is 1.39 bits per heavy atom. The van der Waals surface area contributed by atoms with E-state index >= 15 is 0 Å². The largest absolute Gasteiger partial charge is 0.485 e. The van der Waals surface area contributed by atoms with E-state index in [9.17, 15) is 4.79 Å². The minimum Gasteiger partial charge on any atom is -0.485 e. The zero-order valence-corrected chi connectivity index (χ0v) is 10.6. The molecule has 5 heteroatoms. The molecule has 0 saturated carbocycles. The molecule has 2 aromatic rings. The zero-order chi connectivity index (χ0) is 13.1. The van der Waals surface area contributed by atoms with Gasteiger partial charge in [0.25, 0.3) is 0 Å². The minimum absolute atomic E-state index is 0.0402. The Balaban J connectivity index is 2.08. The van der Waals surface area contributed by atoms with Crippen molar-refractivity contribution in [3.05, 3.63) is 41.0 Å². The van der Waals surface area contributed by atoms with Crippen LogP contribution < -0.4 is 4.74 Å². The number of hydrogen-bond donors (Lipinski definition) is 0. The molecule has 2 rings (SSSR count). The van der Waals surface area contributed by atoms with E-state index < -0.39 is 0 Å². The number of carbonyl (C=O) groups is 1. The molecule has 1 aromatic carbocycles. The highest BCUT2D eigenvalue weighted by atomic mass is 16.5. The van der Waals surface area contributed by atoms with Crippen molar-refractivity contribution >= 4 is 5.78 Å². The lowest BCUT2D eigenvalue weighted by Gasteiger charge is -2.07. The first-order valence-electron chi connectivity index (χ1n) is 5.60. The Bertz CT molecular complexity index is 575. The standard InChI is InChI=1S/C13H14N2O3/c1-8-6-11(9(2)16)4-5-12(8)17-7-13-14-10(3)18-15-13/h4-6H,7H2,1-3H3. The molecule has 0 amide bonds. The first-order valence-corrected chi connectivity index (χ1v) is 5.60. The number of aryl methyl sites for hydroxylation is 2. The summed E-state index contributed by atoms with van der Waals surface area (Å²) < 4.78 is 10.4. The van der Waals surface area contributed by atoms with Gasteiger partial charge in [-0.3, -0.25) is 4.79 Å². The second kappa shape index (κ2) is 5.00. The summed E-state index contributed by atoms with van der Waals surface area (Å²) in [7, 11) is 0. The van der Waals surface area contributed by atoms with Crippen molar-refractivity contribution in [2.45, 2.75) is 27.4 Å². The van der Waals surface area contributed by atoms with Crippen molar-refractivity contribution in [2.24, 2.45) is 0 Å². The van der Waals surface area contributed by atoms with Gasteiger partial charge in [-0.05, 0) is 37.6 Å². The third-order valence-corrected chi connectivity index (χ3v) is 2.51. The average molecular weight is 246 g/mol. The molecule has 0 bridgehead atoms. The highest BCUT2D eigenvalue weighted by Crippen LogP contribution is 2.20. The van der Waals surface area contributed by atoms with Crippen molar-refractivity contribution in [2.75, 3.05) is 0 Å². The van der Waals surface area contributed by atoms with Gasteiger partial charge in [-0.2, -0.15) is 4.98 Å². The highest BCUT2D eigenvalue weighted by Gasteiger charge is 2.07. The number of aromatic nitrogens is 2. The maximum absolute atomic E-state index is 11.2. The third-order valence-electron chi connectivity index (χ3n) is 2.51. The van der Waals surface area contributed by atoms with Crippen LogP contribution in [0, 0.1) is 13.8 Å². The van der Waals surface area contributed by atoms with Crippen molar-refractivity contribution in [3.63, 3.8) is 0 Å². The monoisotopic (exact) mass is 246 g/mol. The Kier molecular flexibility index (Phi) is 3.41. The Morgan fingerprint density at radius 2 is 2.17 bits per heavy atom. The van der Waals surface area contributed by atoms with Crippen LogP contribution in [0.3, 0.4) is 0 Å². The fraction of sp³-hybridized carbons (Fsp3) is 0.308. The minimum atomic E-state index is 0.0402. The molecule has 0 aliphatic heterocycles. The number of carbonyl (C=O) groups excluding carboxylic acids is 1. The fourth-order valence-electron chi connectivity index (χ4n) is 1.57.